The van der Waals surface area contributed by atoms with Crippen LogP contribution in [0.15, 0.2) is 18.2 Å². The fourth-order valence-corrected chi connectivity index (χ4v) is 3.58. The van der Waals surface area contributed by atoms with Crippen molar-refractivity contribution in [1.29, 1.82) is 0 Å². The number of imide groups is 1. The number of amides is 4. The molecule has 7 nitrogen and oxygen atoms in total. The predicted molar refractivity (Wildman–Crippen MR) is 92.2 cm³/mol. The number of nitrogens with zero attached hydrogens (tertiary/aromatic N) is 3. The molecular formula is C15H15ClN4O3S. The van der Waals surface area contributed by atoms with Gasteiger partial charge in [-0.25, -0.2) is 9.78 Å². The molecule has 2 heterocycles. The third-order valence-electron chi connectivity index (χ3n) is 3.61. The van der Waals surface area contributed by atoms with Crippen molar-refractivity contribution in [3.63, 3.8) is 0 Å². The molecule has 1 aliphatic rings. The van der Waals surface area contributed by atoms with E-state index in [4.69, 9.17) is 11.6 Å². The lowest BCUT2D eigenvalue weighted by atomic mass is 10.3. The number of benzene rings is 1. The van der Waals surface area contributed by atoms with Gasteiger partial charge >= 0.3 is 6.03 Å². The number of carbonyl (C=O) groups excluding carboxylic acids is 3. The Kier molecular flexibility index (Phi) is 4.68. The maximum absolute atomic E-state index is 12.0. The monoisotopic (exact) mass is 366 g/mol. The molecule has 1 N–H and O–H groups in total. The van der Waals surface area contributed by atoms with Crippen LogP contribution in [0.1, 0.15) is 12.8 Å². The van der Waals surface area contributed by atoms with Gasteiger partial charge in [0.2, 0.25) is 11.8 Å². The van der Waals surface area contributed by atoms with Gasteiger partial charge in [-0.15, -0.1) is 0 Å². The van der Waals surface area contributed by atoms with Crippen LogP contribution in [-0.4, -0.2) is 52.8 Å². The van der Waals surface area contributed by atoms with Gasteiger partial charge in [0.15, 0.2) is 5.13 Å². The smallest absolute Gasteiger partial charge is 0.318 e. The molecule has 0 saturated carbocycles. The molecule has 0 bridgehead atoms. The van der Waals surface area contributed by atoms with E-state index in [9.17, 15) is 14.4 Å². The van der Waals surface area contributed by atoms with Gasteiger partial charge in [-0.1, -0.05) is 22.9 Å². The Morgan fingerprint density at radius 1 is 1.42 bits per heavy atom. The van der Waals surface area contributed by atoms with Crippen molar-refractivity contribution in [1.82, 2.24) is 14.8 Å². The van der Waals surface area contributed by atoms with Crippen molar-refractivity contribution < 1.29 is 14.4 Å². The zero-order valence-electron chi connectivity index (χ0n) is 12.9. The van der Waals surface area contributed by atoms with Gasteiger partial charge in [0, 0.05) is 25.0 Å². The van der Waals surface area contributed by atoms with E-state index in [0.29, 0.717) is 16.6 Å². The Labute approximate surface area is 147 Å². The van der Waals surface area contributed by atoms with Crippen molar-refractivity contribution in [2.45, 2.75) is 12.8 Å². The molecule has 1 aromatic heterocycles. The standard InChI is InChI=1S/C15H15ClN4O3S/c1-19-8-13(22)20(15(19)23)6-2-3-12(21)18-14-17-10-5-4-9(16)7-11(10)24-14/h4-5,7H,2-3,6,8H2,1H3,(H,17,18,21). The number of urea groups is 1. The maximum Gasteiger partial charge on any atom is 0.326 e. The van der Waals surface area contributed by atoms with Gasteiger partial charge in [0.25, 0.3) is 0 Å². The number of rotatable bonds is 5. The van der Waals surface area contributed by atoms with E-state index in [0.717, 1.165) is 10.2 Å². The molecule has 1 aromatic carbocycles. The van der Waals surface area contributed by atoms with Crippen molar-refractivity contribution in [3.05, 3.63) is 23.2 Å². The first-order valence-corrected chi connectivity index (χ1v) is 8.55. The Morgan fingerprint density at radius 3 is 2.92 bits per heavy atom. The Bertz CT molecular complexity index is 822. The topological polar surface area (TPSA) is 82.6 Å². The zero-order valence-corrected chi connectivity index (χ0v) is 14.5. The quantitative estimate of drug-likeness (QED) is 0.824. The van der Waals surface area contributed by atoms with Crippen LogP contribution in [0.5, 0.6) is 0 Å². The molecule has 0 aliphatic carbocycles. The first-order chi connectivity index (χ1) is 11.4. The summed E-state index contributed by atoms with van der Waals surface area (Å²) in [6, 6.07) is 5.02. The largest absolute Gasteiger partial charge is 0.326 e. The van der Waals surface area contributed by atoms with E-state index in [2.05, 4.69) is 10.3 Å². The highest BCUT2D eigenvalue weighted by Gasteiger charge is 2.32. The van der Waals surface area contributed by atoms with Crippen molar-refractivity contribution in [2.75, 3.05) is 25.5 Å². The summed E-state index contributed by atoms with van der Waals surface area (Å²) < 4.78 is 0.897. The van der Waals surface area contributed by atoms with E-state index in [1.54, 1.807) is 25.2 Å². The van der Waals surface area contributed by atoms with Crippen molar-refractivity contribution >= 4 is 56.1 Å². The summed E-state index contributed by atoms with van der Waals surface area (Å²) in [7, 11) is 1.58. The van der Waals surface area contributed by atoms with Crippen LogP contribution in [0.2, 0.25) is 5.02 Å². The molecule has 2 aromatic rings. The minimum atomic E-state index is -0.316. The van der Waals surface area contributed by atoms with Gasteiger partial charge in [-0.3, -0.25) is 14.5 Å². The van der Waals surface area contributed by atoms with E-state index in [1.807, 2.05) is 0 Å². The van der Waals surface area contributed by atoms with Crippen LogP contribution < -0.4 is 5.32 Å². The molecule has 0 atom stereocenters. The normalized spacial score (nSPS) is 14.8. The lowest BCUT2D eigenvalue weighted by molar-refractivity contribution is -0.125. The molecule has 1 aliphatic heterocycles. The highest BCUT2D eigenvalue weighted by atomic mass is 35.5. The molecule has 9 heteroatoms. The third kappa shape index (κ3) is 3.49. The average Bonchev–Trinajstić information content (AvgIpc) is 3.01. The van der Waals surface area contributed by atoms with Crippen molar-refractivity contribution in [2.24, 2.45) is 0 Å². The number of hydrogen-bond donors (Lipinski definition) is 1. The van der Waals surface area contributed by atoms with E-state index >= 15 is 0 Å². The van der Waals surface area contributed by atoms with Gasteiger partial charge in [0.05, 0.1) is 10.2 Å². The van der Waals surface area contributed by atoms with Crippen LogP contribution in [0.3, 0.4) is 0 Å². The fourth-order valence-electron chi connectivity index (χ4n) is 2.42. The number of nitrogens with one attached hydrogen (secondary N) is 1. The molecule has 1 saturated heterocycles. The average molecular weight is 367 g/mol. The molecule has 126 valence electrons. The molecule has 24 heavy (non-hydrogen) atoms. The van der Waals surface area contributed by atoms with E-state index in [1.165, 1.54) is 21.1 Å². The summed E-state index contributed by atoms with van der Waals surface area (Å²) in [4.78, 5) is 42.2. The number of halogens is 1. The minimum absolute atomic E-state index is 0.0965. The number of anilines is 1. The second kappa shape index (κ2) is 6.74. The SMILES string of the molecule is CN1CC(=O)N(CCCC(=O)Nc2nc3ccc(Cl)cc3s2)C1=O. The molecule has 1 fully saturated rings. The fraction of sp³-hybridized carbons (Fsp3) is 0.333. The zero-order chi connectivity index (χ0) is 17.3. The summed E-state index contributed by atoms with van der Waals surface area (Å²) in [5, 5.41) is 3.86. The Balaban J connectivity index is 1.52. The summed E-state index contributed by atoms with van der Waals surface area (Å²) in [5.74, 6) is -0.432. The second-order valence-electron chi connectivity index (χ2n) is 5.47. The number of hydrogen-bond acceptors (Lipinski definition) is 5. The van der Waals surface area contributed by atoms with Crippen LogP contribution in [0, 0.1) is 0 Å². The summed E-state index contributed by atoms with van der Waals surface area (Å²) in [6.45, 7) is 0.337. The maximum atomic E-state index is 12.0. The van der Waals surface area contributed by atoms with E-state index in [-0.39, 0.29) is 37.4 Å². The lowest BCUT2D eigenvalue weighted by Crippen LogP contribution is -2.32. The van der Waals surface area contributed by atoms with Gasteiger partial charge in [0.1, 0.15) is 6.54 Å². The second-order valence-corrected chi connectivity index (χ2v) is 6.93. The van der Waals surface area contributed by atoms with Crippen LogP contribution in [-0.2, 0) is 9.59 Å². The highest BCUT2D eigenvalue weighted by Crippen LogP contribution is 2.28. The van der Waals surface area contributed by atoms with Crippen molar-refractivity contribution in [3.8, 4) is 0 Å². The molecule has 0 spiro atoms. The molecule has 4 amide bonds. The summed E-state index contributed by atoms with van der Waals surface area (Å²) in [5.41, 5.74) is 0.774. The summed E-state index contributed by atoms with van der Waals surface area (Å²) in [6.07, 6.45) is 0.616. The number of likely N-dealkylation sites (N-methyl/N-ethyl adjacent to an activating group) is 1. The van der Waals surface area contributed by atoms with Crippen LogP contribution >= 0.6 is 22.9 Å². The first kappa shape index (κ1) is 16.7. The van der Waals surface area contributed by atoms with Gasteiger partial charge < -0.3 is 10.2 Å². The Hall–Kier alpha value is -2.19. The molecule has 0 unspecified atom stereocenters. The molecular weight excluding hydrogens is 352 g/mol. The Morgan fingerprint density at radius 2 is 2.21 bits per heavy atom. The molecule has 3 rings (SSSR count). The van der Waals surface area contributed by atoms with Crippen LogP contribution in [0.4, 0.5) is 9.93 Å². The third-order valence-corrected chi connectivity index (χ3v) is 4.78. The number of carbonyl (C=O) groups is 3. The van der Waals surface area contributed by atoms with Gasteiger partial charge in [-0.05, 0) is 24.6 Å². The number of fused-ring (bicyclic) bond motifs is 1. The highest BCUT2D eigenvalue weighted by molar-refractivity contribution is 7.22. The molecule has 0 radical (unpaired) electrons. The number of aromatic nitrogens is 1. The first-order valence-electron chi connectivity index (χ1n) is 7.35. The predicted octanol–water partition coefficient (Wildman–Crippen LogP) is 2.56. The minimum Gasteiger partial charge on any atom is -0.318 e. The summed E-state index contributed by atoms with van der Waals surface area (Å²) >= 11 is 7.27. The lowest BCUT2D eigenvalue weighted by Gasteiger charge is -2.13. The van der Waals surface area contributed by atoms with E-state index < -0.39 is 0 Å². The van der Waals surface area contributed by atoms with Crippen LogP contribution in [0.25, 0.3) is 10.2 Å². The number of thiazole rings is 1. The van der Waals surface area contributed by atoms with Gasteiger partial charge in [-0.2, -0.15) is 0 Å².